The van der Waals surface area contributed by atoms with Gasteiger partial charge in [-0.3, -0.25) is 4.55 Å². The van der Waals surface area contributed by atoms with Crippen LogP contribution in [0.3, 0.4) is 0 Å². The van der Waals surface area contributed by atoms with E-state index in [9.17, 15) is 13.0 Å². The third-order valence-corrected chi connectivity index (χ3v) is 8.94. The Morgan fingerprint density at radius 2 is 1.75 bits per heavy atom. The number of fused-ring (bicyclic) bond motifs is 2. The molecule has 1 aliphatic rings. The molecular formula is C31H29N4O3S2+. The molecule has 1 aliphatic heterocycles. The molecule has 0 fully saturated rings. The van der Waals surface area contributed by atoms with E-state index in [0.29, 0.717) is 19.5 Å². The maximum absolute atomic E-state index is 11.4. The van der Waals surface area contributed by atoms with Crippen LogP contribution in [0.5, 0.6) is 0 Å². The van der Waals surface area contributed by atoms with Gasteiger partial charge < -0.3 is 9.47 Å². The maximum atomic E-state index is 11.4. The van der Waals surface area contributed by atoms with Gasteiger partial charge in [0.15, 0.2) is 12.4 Å². The normalized spacial score (nSPS) is 14.5. The largest absolute Gasteiger partial charge is 0.333 e. The van der Waals surface area contributed by atoms with Crippen LogP contribution in [-0.4, -0.2) is 28.3 Å². The summed E-state index contributed by atoms with van der Waals surface area (Å²) in [5.74, 6) is 0.592. The molecule has 2 aromatic heterocycles. The highest BCUT2D eigenvalue weighted by molar-refractivity contribution is 7.85. The lowest BCUT2D eigenvalue weighted by Gasteiger charge is -2.33. The van der Waals surface area contributed by atoms with Gasteiger partial charge in [-0.05, 0) is 29.3 Å². The Kier molecular flexibility index (Phi) is 7.10. The second-order valence-corrected chi connectivity index (χ2v) is 12.4. The average molecular weight is 570 g/mol. The monoisotopic (exact) mass is 569 g/mol. The number of anilines is 1. The third kappa shape index (κ3) is 5.36. The number of rotatable bonds is 8. The molecule has 6 rings (SSSR count). The summed E-state index contributed by atoms with van der Waals surface area (Å²) in [7, 11) is -2.03. The predicted molar refractivity (Wildman–Crippen MR) is 161 cm³/mol. The van der Waals surface area contributed by atoms with Crippen LogP contribution < -0.4 is 9.47 Å². The molecule has 0 unspecified atom stereocenters. The lowest BCUT2D eigenvalue weighted by atomic mass is 9.96. The highest BCUT2D eigenvalue weighted by atomic mass is 32.2. The number of hydrogen-bond acceptors (Lipinski definition) is 5. The molecule has 0 spiro atoms. The van der Waals surface area contributed by atoms with Gasteiger partial charge >= 0.3 is 0 Å². The van der Waals surface area contributed by atoms with Gasteiger partial charge in [0.05, 0.1) is 11.4 Å². The molecule has 3 heterocycles. The standard InChI is InChI=1S/C31H28N4O3S2/c1-33-18-16-32-31(33)28-20-24(25-12-5-6-13-26(25)35(28)22-23-10-3-2-4-11-23)21-30-34(17-9-19-40(36,37)38)27-14-7-8-15-29(27)39-30/h2-8,10-16,18,20-21H,9,17,19,22H2,1H3/p+1. The van der Waals surface area contributed by atoms with Crippen molar-refractivity contribution in [2.24, 2.45) is 7.05 Å². The minimum atomic E-state index is -4.03. The fraction of sp³-hybridized carbons (Fsp3) is 0.161. The summed E-state index contributed by atoms with van der Waals surface area (Å²) in [6, 6.07) is 26.9. The van der Waals surface area contributed by atoms with Crippen LogP contribution in [0.15, 0.2) is 97.3 Å². The van der Waals surface area contributed by atoms with Crippen LogP contribution in [0.1, 0.15) is 28.4 Å². The first-order chi connectivity index (χ1) is 19.4. The second kappa shape index (κ2) is 10.8. The molecule has 40 heavy (non-hydrogen) atoms. The first-order valence-electron chi connectivity index (χ1n) is 13.1. The van der Waals surface area contributed by atoms with Gasteiger partial charge in [0.1, 0.15) is 4.70 Å². The number of hydrogen-bond donors (Lipinski definition) is 1. The fourth-order valence-corrected chi connectivity index (χ4v) is 6.80. The van der Waals surface area contributed by atoms with Gasteiger partial charge in [0.2, 0.25) is 5.52 Å². The molecule has 7 nitrogen and oxygen atoms in total. The molecule has 0 amide bonds. The van der Waals surface area contributed by atoms with Crippen molar-refractivity contribution in [1.29, 1.82) is 0 Å². The summed E-state index contributed by atoms with van der Waals surface area (Å²) < 4.78 is 37.4. The Morgan fingerprint density at radius 3 is 2.52 bits per heavy atom. The smallest absolute Gasteiger partial charge is 0.265 e. The van der Waals surface area contributed by atoms with E-state index in [-0.39, 0.29) is 5.75 Å². The van der Waals surface area contributed by atoms with Gasteiger partial charge in [-0.2, -0.15) is 13.0 Å². The highest BCUT2D eigenvalue weighted by Gasteiger charge is 2.28. The lowest BCUT2D eigenvalue weighted by Crippen LogP contribution is -2.36. The van der Waals surface area contributed by atoms with Crippen molar-refractivity contribution in [3.8, 4) is 0 Å². The first-order valence-corrected chi connectivity index (χ1v) is 15.5. The van der Waals surface area contributed by atoms with Crippen LogP contribution >= 0.6 is 11.3 Å². The average Bonchev–Trinajstić information content (AvgIpc) is 3.53. The Labute approximate surface area is 237 Å². The van der Waals surface area contributed by atoms with E-state index in [1.165, 1.54) is 5.56 Å². The Bertz CT molecular complexity index is 1850. The number of aryl methyl sites for hydroxylation is 2. The van der Waals surface area contributed by atoms with Crippen LogP contribution in [0.2, 0.25) is 0 Å². The number of para-hydroxylation sites is 2. The zero-order chi connectivity index (χ0) is 27.7. The van der Waals surface area contributed by atoms with Crippen LogP contribution in [-0.2, 0) is 30.3 Å². The zero-order valence-corrected chi connectivity index (χ0v) is 23.6. The summed E-state index contributed by atoms with van der Waals surface area (Å²) in [6.07, 6.45) is 8.46. The molecule has 0 saturated carbocycles. The number of thiazole rings is 1. The van der Waals surface area contributed by atoms with Crippen molar-refractivity contribution in [3.63, 3.8) is 0 Å². The van der Waals surface area contributed by atoms with Crippen LogP contribution in [0.25, 0.3) is 27.6 Å². The topological polar surface area (TPSA) is 79.3 Å². The van der Waals surface area contributed by atoms with E-state index in [1.54, 1.807) is 11.3 Å². The minimum Gasteiger partial charge on any atom is -0.333 e. The number of aromatic nitrogens is 3. The van der Waals surface area contributed by atoms with Crippen molar-refractivity contribution in [1.82, 2.24) is 9.55 Å². The van der Waals surface area contributed by atoms with Crippen molar-refractivity contribution in [3.05, 3.63) is 119 Å². The third-order valence-electron chi connectivity index (χ3n) is 7.02. The van der Waals surface area contributed by atoms with Crippen LogP contribution in [0.4, 0.5) is 5.69 Å². The molecule has 9 heteroatoms. The molecular weight excluding hydrogens is 541 g/mol. The zero-order valence-electron chi connectivity index (χ0n) is 22.0. The van der Waals surface area contributed by atoms with Crippen molar-refractivity contribution in [2.75, 3.05) is 10.7 Å². The van der Waals surface area contributed by atoms with Gasteiger partial charge in [-0.15, -0.1) is 0 Å². The molecule has 5 aromatic rings. The Morgan fingerprint density at radius 1 is 1.00 bits per heavy atom. The van der Waals surface area contributed by atoms with Crippen molar-refractivity contribution in [2.45, 2.75) is 19.5 Å². The molecule has 0 saturated heterocycles. The Balaban J connectivity index is 1.50. The van der Waals surface area contributed by atoms with Gasteiger partial charge in [0, 0.05) is 55.8 Å². The van der Waals surface area contributed by atoms with E-state index in [2.05, 4.69) is 76.2 Å². The Hall–Kier alpha value is -4.05. The molecule has 0 bridgehead atoms. The molecule has 0 atom stereocenters. The number of allylic oxidation sites excluding steroid dienone is 2. The number of benzene rings is 3. The predicted octanol–water partition coefficient (Wildman–Crippen LogP) is 5.80. The summed E-state index contributed by atoms with van der Waals surface area (Å²) in [4.78, 5) is 7.02. The molecule has 0 aliphatic carbocycles. The lowest BCUT2D eigenvalue weighted by molar-refractivity contribution is -0.668. The number of imidazole rings is 1. The van der Waals surface area contributed by atoms with E-state index in [4.69, 9.17) is 4.98 Å². The second-order valence-electron chi connectivity index (χ2n) is 9.78. The minimum absolute atomic E-state index is 0.277. The molecule has 1 N–H and O–H groups in total. The maximum Gasteiger partial charge on any atom is 0.265 e. The quantitative estimate of drug-likeness (QED) is 0.189. The summed E-state index contributed by atoms with van der Waals surface area (Å²) in [5.41, 5.74) is 6.49. The van der Waals surface area contributed by atoms with Crippen molar-refractivity contribution >= 4 is 54.7 Å². The van der Waals surface area contributed by atoms with Gasteiger partial charge in [-0.1, -0.05) is 72.0 Å². The summed E-state index contributed by atoms with van der Waals surface area (Å²) in [6.45, 7) is 1.17. The van der Waals surface area contributed by atoms with E-state index < -0.39 is 10.1 Å². The SMILES string of the molecule is Cn1ccnc1C1=C/C(=C\c2sc3ccccc3[n+]2CCCS(=O)(=O)O)c2ccccc2N1Cc1ccccc1. The molecule has 3 aromatic carbocycles. The summed E-state index contributed by atoms with van der Waals surface area (Å²) >= 11 is 1.67. The number of nitrogens with zero attached hydrogens (tertiary/aromatic N) is 4. The fourth-order valence-electron chi connectivity index (χ4n) is 5.17. The summed E-state index contributed by atoms with van der Waals surface area (Å²) in [5, 5.41) is 1.01. The highest BCUT2D eigenvalue weighted by Crippen LogP contribution is 2.41. The molecule has 202 valence electrons. The van der Waals surface area contributed by atoms with Crippen molar-refractivity contribution < 1.29 is 17.5 Å². The first kappa shape index (κ1) is 26.2. The van der Waals surface area contributed by atoms with Crippen LogP contribution in [0, 0.1) is 0 Å². The molecule has 0 radical (unpaired) electrons. The van der Waals surface area contributed by atoms with E-state index in [1.807, 2.05) is 48.3 Å². The van der Waals surface area contributed by atoms with E-state index in [0.717, 1.165) is 43.6 Å². The van der Waals surface area contributed by atoms with E-state index >= 15 is 0 Å². The van der Waals surface area contributed by atoms with Gasteiger partial charge in [-0.25, -0.2) is 4.98 Å². The van der Waals surface area contributed by atoms with Gasteiger partial charge in [0.25, 0.3) is 15.1 Å².